The Balaban J connectivity index is 1.88. The van der Waals surface area contributed by atoms with Crippen LogP contribution < -0.4 is 11.1 Å². The van der Waals surface area contributed by atoms with E-state index >= 15 is 0 Å². The maximum absolute atomic E-state index is 11.8. The Kier molecular flexibility index (Phi) is 4.39. The molecule has 112 valence electrons. The number of hydrogen-bond acceptors (Lipinski definition) is 7. The van der Waals surface area contributed by atoms with Crippen LogP contribution in [0.5, 0.6) is 11.5 Å². The van der Waals surface area contributed by atoms with Crippen LogP contribution in [-0.2, 0) is 17.8 Å². The number of benzene rings is 1. The summed E-state index contributed by atoms with van der Waals surface area (Å²) in [6, 6.07) is 3.51. The molecule has 0 fully saturated rings. The maximum atomic E-state index is 11.8. The normalized spacial score (nSPS) is 12.1. The van der Waals surface area contributed by atoms with Crippen molar-refractivity contribution in [1.29, 1.82) is 0 Å². The van der Waals surface area contributed by atoms with Crippen molar-refractivity contribution in [3.8, 4) is 11.5 Å². The zero-order valence-corrected chi connectivity index (χ0v) is 11.4. The molecule has 1 amide bonds. The second-order valence-corrected chi connectivity index (χ2v) is 4.58. The summed E-state index contributed by atoms with van der Waals surface area (Å²) in [4.78, 5) is 15.8. The Morgan fingerprint density at radius 2 is 2.19 bits per heavy atom. The molecule has 1 atom stereocenters. The Morgan fingerprint density at radius 3 is 2.81 bits per heavy atom. The molecule has 0 spiro atoms. The van der Waals surface area contributed by atoms with Crippen molar-refractivity contribution in [2.45, 2.75) is 25.9 Å². The zero-order chi connectivity index (χ0) is 15.4. The molecule has 21 heavy (non-hydrogen) atoms. The maximum Gasteiger partial charge on any atom is 0.237 e. The summed E-state index contributed by atoms with van der Waals surface area (Å²) >= 11 is 0. The van der Waals surface area contributed by atoms with E-state index in [-0.39, 0.29) is 30.4 Å². The average Bonchev–Trinajstić information content (AvgIpc) is 2.86. The summed E-state index contributed by atoms with van der Waals surface area (Å²) in [6.07, 6.45) is 0.227. The molecule has 8 nitrogen and oxygen atoms in total. The third-order valence-electron chi connectivity index (χ3n) is 2.82. The smallest absolute Gasteiger partial charge is 0.237 e. The number of hydrogen-bond donors (Lipinski definition) is 4. The number of carbonyl (C=O) groups excluding carboxylic acids is 1. The van der Waals surface area contributed by atoms with Crippen molar-refractivity contribution in [3.05, 3.63) is 35.5 Å². The van der Waals surface area contributed by atoms with Crippen molar-refractivity contribution in [1.82, 2.24) is 15.5 Å². The van der Waals surface area contributed by atoms with Crippen molar-refractivity contribution in [3.63, 3.8) is 0 Å². The molecule has 0 aliphatic heterocycles. The first kappa shape index (κ1) is 14.8. The van der Waals surface area contributed by atoms with Gasteiger partial charge in [-0.05, 0) is 24.1 Å². The number of aromatic hydroxyl groups is 2. The molecular formula is C13H16N4O4. The van der Waals surface area contributed by atoms with Crippen LogP contribution in [0.1, 0.15) is 17.3 Å². The number of rotatable bonds is 5. The minimum atomic E-state index is -0.790. The second kappa shape index (κ2) is 6.23. The van der Waals surface area contributed by atoms with E-state index in [0.717, 1.165) is 0 Å². The topological polar surface area (TPSA) is 134 Å². The molecule has 0 saturated carbocycles. The van der Waals surface area contributed by atoms with Gasteiger partial charge in [-0.1, -0.05) is 11.2 Å². The molecule has 5 N–H and O–H groups in total. The lowest BCUT2D eigenvalue weighted by molar-refractivity contribution is -0.122. The van der Waals surface area contributed by atoms with E-state index in [1.54, 1.807) is 13.0 Å². The first-order valence-electron chi connectivity index (χ1n) is 6.29. The molecule has 2 rings (SSSR count). The first-order chi connectivity index (χ1) is 9.95. The van der Waals surface area contributed by atoms with E-state index in [1.807, 2.05) is 0 Å². The van der Waals surface area contributed by atoms with Crippen LogP contribution in [0.3, 0.4) is 0 Å². The molecule has 1 aromatic carbocycles. The van der Waals surface area contributed by atoms with Crippen LogP contribution in [0.4, 0.5) is 0 Å². The van der Waals surface area contributed by atoms with Gasteiger partial charge in [0.25, 0.3) is 0 Å². The Morgan fingerprint density at radius 1 is 1.43 bits per heavy atom. The number of carbonyl (C=O) groups is 1. The first-order valence-corrected chi connectivity index (χ1v) is 6.29. The van der Waals surface area contributed by atoms with Crippen LogP contribution in [0.2, 0.25) is 0 Å². The summed E-state index contributed by atoms with van der Waals surface area (Å²) in [6.45, 7) is 1.78. The minimum Gasteiger partial charge on any atom is -0.504 e. The standard InChI is InChI=1S/C13H16N4O4/c1-7-16-12(17-21-7)6-15-13(20)9(14)4-8-2-3-10(18)11(19)5-8/h2-3,5,9,18-19H,4,6,14H2,1H3,(H,15,20)/t9-/m0/s1. The van der Waals surface area contributed by atoms with E-state index in [2.05, 4.69) is 15.5 Å². The minimum absolute atomic E-state index is 0.130. The molecule has 0 unspecified atom stereocenters. The van der Waals surface area contributed by atoms with Gasteiger partial charge in [0.2, 0.25) is 11.8 Å². The van der Waals surface area contributed by atoms with Gasteiger partial charge in [-0.15, -0.1) is 0 Å². The van der Waals surface area contributed by atoms with Crippen LogP contribution in [-0.4, -0.2) is 32.3 Å². The van der Waals surface area contributed by atoms with Gasteiger partial charge in [0.15, 0.2) is 17.3 Å². The average molecular weight is 292 g/mol. The van der Waals surface area contributed by atoms with Gasteiger partial charge in [0.1, 0.15) is 0 Å². The van der Waals surface area contributed by atoms with Gasteiger partial charge in [0, 0.05) is 6.92 Å². The van der Waals surface area contributed by atoms with E-state index in [9.17, 15) is 15.0 Å². The fraction of sp³-hybridized carbons (Fsp3) is 0.308. The summed E-state index contributed by atoms with van der Waals surface area (Å²) < 4.78 is 4.78. The fourth-order valence-electron chi connectivity index (χ4n) is 1.75. The fourth-order valence-corrected chi connectivity index (χ4v) is 1.75. The number of phenols is 2. The number of phenolic OH excluding ortho intramolecular Hbond substituents is 2. The third-order valence-corrected chi connectivity index (χ3v) is 2.82. The van der Waals surface area contributed by atoms with E-state index in [0.29, 0.717) is 17.3 Å². The van der Waals surface area contributed by atoms with E-state index < -0.39 is 6.04 Å². The highest BCUT2D eigenvalue weighted by atomic mass is 16.5. The highest BCUT2D eigenvalue weighted by molar-refractivity contribution is 5.81. The zero-order valence-electron chi connectivity index (χ0n) is 11.4. The molecule has 0 aliphatic rings. The van der Waals surface area contributed by atoms with Crippen LogP contribution in [0.25, 0.3) is 0 Å². The van der Waals surface area contributed by atoms with Gasteiger partial charge in [-0.25, -0.2) is 0 Å². The summed E-state index contributed by atoms with van der Waals surface area (Å²) in [5.74, 6) is -0.0462. The number of amides is 1. The lowest BCUT2D eigenvalue weighted by Gasteiger charge is -2.11. The quantitative estimate of drug-likeness (QED) is 0.568. The molecule has 0 saturated heterocycles. The van der Waals surface area contributed by atoms with Crippen LogP contribution in [0.15, 0.2) is 22.7 Å². The van der Waals surface area contributed by atoms with Gasteiger partial charge in [-0.2, -0.15) is 4.98 Å². The second-order valence-electron chi connectivity index (χ2n) is 4.58. The van der Waals surface area contributed by atoms with E-state index in [4.69, 9.17) is 10.3 Å². The van der Waals surface area contributed by atoms with Crippen molar-refractivity contribution >= 4 is 5.91 Å². The lowest BCUT2D eigenvalue weighted by Crippen LogP contribution is -2.41. The Hall–Kier alpha value is -2.61. The van der Waals surface area contributed by atoms with Gasteiger partial charge >= 0.3 is 0 Å². The van der Waals surface area contributed by atoms with Gasteiger partial charge in [0.05, 0.1) is 12.6 Å². The van der Waals surface area contributed by atoms with Crippen molar-refractivity contribution < 1.29 is 19.5 Å². The summed E-state index contributed by atoms with van der Waals surface area (Å²) in [5, 5.41) is 24.9. The molecule has 0 bridgehead atoms. The largest absolute Gasteiger partial charge is 0.504 e. The number of aromatic nitrogens is 2. The van der Waals surface area contributed by atoms with Crippen LogP contribution >= 0.6 is 0 Å². The molecule has 1 heterocycles. The Bertz CT molecular complexity index is 641. The number of nitrogens with one attached hydrogen (secondary N) is 1. The van der Waals surface area contributed by atoms with Crippen LogP contribution in [0, 0.1) is 6.92 Å². The van der Waals surface area contributed by atoms with Crippen molar-refractivity contribution in [2.24, 2.45) is 5.73 Å². The number of nitrogens with two attached hydrogens (primary N) is 1. The third kappa shape index (κ3) is 3.93. The number of aryl methyl sites for hydroxylation is 1. The highest BCUT2D eigenvalue weighted by Gasteiger charge is 2.15. The molecule has 0 radical (unpaired) electrons. The highest BCUT2D eigenvalue weighted by Crippen LogP contribution is 2.25. The predicted molar refractivity (Wildman–Crippen MR) is 72.3 cm³/mol. The van der Waals surface area contributed by atoms with Gasteiger partial charge < -0.3 is 25.8 Å². The molecular weight excluding hydrogens is 276 g/mol. The SMILES string of the molecule is Cc1nc(CNC(=O)[C@@H](N)Cc2ccc(O)c(O)c2)no1. The monoisotopic (exact) mass is 292 g/mol. The molecule has 1 aromatic heterocycles. The molecule has 8 heteroatoms. The Labute approximate surface area is 120 Å². The van der Waals surface area contributed by atoms with E-state index in [1.165, 1.54) is 12.1 Å². The lowest BCUT2D eigenvalue weighted by atomic mass is 10.1. The predicted octanol–water partition coefficient (Wildman–Crippen LogP) is -0.0246. The summed E-state index contributed by atoms with van der Waals surface area (Å²) in [5.41, 5.74) is 6.43. The van der Waals surface area contributed by atoms with Crippen molar-refractivity contribution in [2.75, 3.05) is 0 Å². The number of nitrogens with zero attached hydrogens (tertiary/aromatic N) is 2. The molecule has 0 aliphatic carbocycles. The summed E-state index contributed by atoms with van der Waals surface area (Å²) in [7, 11) is 0. The van der Waals surface area contributed by atoms with Gasteiger partial charge in [-0.3, -0.25) is 4.79 Å². The molecule has 2 aromatic rings.